The molecule has 0 spiro atoms. The predicted octanol–water partition coefficient (Wildman–Crippen LogP) is 4.56. The van der Waals surface area contributed by atoms with Gasteiger partial charge >= 0.3 is 0 Å². The van der Waals surface area contributed by atoms with E-state index in [-0.39, 0.29) is 0 Å². The van der Waals surface area contributed by atoms with Crippen LogP contribution in [0.25, 0.3) is 22.6 Å². The Kier molecular flexibility index (Phi) is 6.07. The summed E-state index contributed by atoms with van der Waals surface area (Å²) in [5, 5.41) is 3.37. The van der Waals surface area contributed by atoms with Crippen LogP contribution in [0, 0.1) is 0 Å². The van der Waals surface area contributed by atoms with E-state index in [2.05, 4.69) is 48.3 Å². The molecule has 2 heterocycles. The molecular weight excluding hydrogens is 432 g/mol. The Morgan fingerprint density at radius 1 is 1.03 bits per heavy atom. The van der Waals surface area contributed by atoms with E-state index in [0.29, 0.717) is 6.61 Å². The fraction of sp³-hybridized carbons (Fsp3) is 0.182. The van der Waals surface area contributed by atoms with E-state index < -0.39 is 0 Å². The highest BCUT2D eigenvalue weighted by Gasteiger charge is 2.07. The van der Waals surface area contributed by atoms with Gasteiger partial charge in [-0.25, -0.2) is 9.97 Å². The summed E-state index contributed by atoms with van der Waals surface area (Å²) in [7, 11) is 1.67. The maximum atomic E-state index is 5.81. The molecule has 0 aliphatic heterocycles. The van der Waals surface area contributed by atoms with Crippen molar-refractivity contribution in [1.82, 2.24) is 20.3 Å². The van der Waals surface area contributed by atoms with Crippen LogP contribution in [-0.4, -0.2) is 35.2 Å². The molecule has 6 nitrogen and oxygen atoms in total. The molecule has 0 atom stereocenters. The molecule has 2 aromatic carbocycles. The number of fused-ring (bicyclic) bond motifs is 1. The first-order valence-corrected chi connectivity index (χ1v) is 10.1. The maximum Gasteiger partial charge on any atom is 0.157 e. The molecule has 0 aliphatic rings. The monoisotopic (exact) mass is 452 g/mol. The normalized spacial score (nSPS) is 11.0. The van der Waals surface area contributed by atoms with Gasteiger partial charge in [-0.2, -0.15) is 0 Å². The fourth-order valence-electron chi connectivity index (χ4n) is 2.93. The molecule has 0 bridgehead atoms. The Labute approximate surface area is 177 Å². The summed E-state index contributed by atoms with van der Waals surface area (Å²) in [5.74, 6) is 2.49. The topological polar surface area (TPSA) is 72.1 Å². The lowest BCUT2D eigenvalue weighted by atomic mass is 10.2. The summed E-state index contributed by atoms with van der Waals surface area (Å²) in [5.41, 5.74) is 3.80. The number of hydrogen-bond acceptors (Lipinski definition) is 5. The van der Waals surface area contributed by atoms with Gasteiger partial charge in [0.25, 0.3) is 0 Å². The zero-order valence-electron chi connectivity index (χ0n) is 16.0. The van der Waals surface area contributed by atoms with Crippen LogP contribution in [0.15, 0.2) is 65.3 Å². The number of rotatable bonds is 8. The number of benzene rings is 2. The van der Waals surface area contributed by atoms with Gasteiger partial charge in [0.05, 0.1) is 7.11 Å². The van der Waals surface area contributed by atoms with Crippen molar-refractivity contribution in [3.8, 4) is 22.9 Å². The summed E-state index contributed by atoms with van der Waals surface area (Å²) < 4.78 is 11.9. The van der Waals surface area contributed by atoms with Gasteiger partial charge in [-0.3, -0.25) is 0 Å². The zero-order valence-corrected chi connectivity index (χ0v) is 17.6. The van der Waals surface area contributed by atoms with Gasteiger partial charge in [-0.1, -0.05) is 12.1 Å². The van der Waals surface area contributed by atoms with Crippen molar-refractivity contribution in [2.75, 3.05) is 20.3 Å². The van der Waals surface area contributed by atoms with Crippen LogP contribution in [0.2, 0.25) is 0 Å². The smallest absolute Gasteiger partial charge is 0.157 e. The van der Waals surface area contributed by atoms with Crippen LogP contribution < -0.4 is 14.8 Å². The summed E-state index contributed by atoms with van der Waals surface area (Å²) in [6, 6.07) is 17.9. The van der Waals surface area contributed by atoms with E-state index in [4.69, 9.17) is 9.47 Å². The Hall–Kier alpha value is -2.90. The van der Waals surface area contributed by atoms with E-state index in [1.54, 1.807) is 13.3 Å². The Bertz CT molecular complexity index is 1080. The standard InChI is InChI=1S/C22H21BrN4O2/c1-28-18-6-2-15(3-7-18)13-24-10-11-29-19-8-4-16(5-9-19)21-26-20-12-17(23)14-25-22(20)27-21/h2-9,12,14,24H,10-11,13H2,1H3,(H,25,26,27). The molecule has 0 radical (unpaired) electrons. The highest BCUT2D eigenvalue weighted by Crippen LogP contribution is 2.23. The van der Waals surface area contributed by atoms with Gasteiger partial charge < -0.3 is 19.8 Å². The predicted molar refractivity (Wildman–Crippen MR) is 117 cm³/mol. The molecule has 4 aromatic rings. The van der Waals surface area contributed by atoms with Crippen molar-refractivity contribution in [1.29, 1.82) is 0 Å². The second kappa shape index (κ2) is 9.07. The van der Waals surface area contributed by atoms with Crippen molar-refractivity contribution in [2.45, 2.75) is 6.54 Å². The van der Waals surface area contributed by atoms with Crippen LogP contribution in [-0.2, 0) is 6.54 Å². The number of aromatic amines is 1. The van der Waals surface area contributed by atoms with Crippen molar-refractivity contribution in [2.24, 2.45) is 0 Å². The van der Waals surface area contributed by atoms with Gasteiger partial charge in [0.1, 0.15) is 29.4 Å². The maximum absolute atomic E-state index is 5.81. The van der Waals surface area contributed by atoms with Crippen molar-refractivity contribution in [3.05, 3.63) is 70.8 Å². The zero-order chi connectivity index (χ0) is 20.1. The minimum atomic E-state index is 0.595. The fourth-order valence-corrected chi connectivity index (χ4v) is 3.25. The van der Waals surface area contributed by atoms with Crippen LogP contribution in [0.4, 0.5) is 0 Å². The van der Waals surface area contributed by atoms with Gasteiger partial charge in [-0.15, -0.1) is 0 Å². The average molecular weight is 453 g/mol. The third-order valence-corrected chi connectivity index (χ3v) is 4.90. The van der Waals surface area contributed by atoms with Crippen molar-refractivity contribution in [3.63, 3.8) is 0 Å². The minimum Gasteiger partial charge on any atom is -0.497 e. The number of halogens is 1. The van der Waals surface area contributed by atoms with Crippen LogP contribution in [0.3, 0.4) is 0 Å². The van der Waals surface area contributed by atoms with Gasteiger partial charge in [-0.05, 0) is 64.0 Å². The van der Waals surface area contributed by atoms with Gasteiger partial charge in [0.15, 0.2) is 5.65 Å². The first kappa shape index (κ1) is 19.4. The number of H-pyrrole nitrogens is 1. The molecule has 0 aliphatic carbocycles. The van der Waals surface area contributed by atoms with Gasteiger partial charge in [0.2, 0.25) is 0 Å². The number of nitrogens with one attached hydrogen (secondary N) is 2. The Morgan fingerprint density at radius 3 is 2.55 bits per heavy atom. The average Bonchev–Trinajstić information content (AvgIpc) is 3.17. The summed E-state index contributed by atoms with van der Waals surface area (Å²) in [4.78, 5) is 12.2. The lowest BCUT2D eigenvalue weighted by Crippen LogP contribution is -2.20. The highest BCUT2D eigenvalue weighted by atomic mass is 79.9. The number of ether oxygens (including phenoxy) is 2. The summed E-state index contributed by atoms with van der Waals surface area (Å²) in [6.07, 6.45) is 1.75. The van der Waals surface area contributed by atoms with Gasteiger partial charge in [0, 0.05) is 29.3 Å². The van der Waals surface area contributed by atoms with E-state index in [0.717, 1.165) is 51.6 Å². The first-order chi connectivity index (χ1) is 14.2. The molecular formula is C22H21BrN4O2. The lowest BCUT2D eigenvalue weighted by molar-refractivity contribution is 0.313. The SMILES string of the molecule is COc1ccc(CNCCOc2ccc(-c3nc4cc(Br)cnc4[nH]3)cc2)cc1. The molecule has 29 heavy (non-hydrogen) atoms. The molecule has 2 aromatic heterocycles. The molecule has 0 fully saturated rings. The number of methoxy groups -OCH3 is 1. The largest absolute Gasteiger partial charge is 0.497 e. The third kappa shape index (κ3) is 4.93. The van der Waals surface area contributed by atoms with E-state index in [9.17, 15) is 0 Å². The Balaban J connectivity index is 1.26. The Morgan fingerprint density at radius 2 is 1.79 bits per heavy atom. The number of imidazole rings is 1. The van der Waals surface area contributed by atoms with E-state index in [1.165, 1.54) is 5.56 Å². The first-order valence-electron chi connectivity index (χ1n) is 9.29. The summed E-state index contributed by atoms with van der Waals surface area (Å²) in [6.45, 7) is 2.15. The molecule has 0 saturated carbocycles. The van der Waals surface area contributed by atoms with Crippen molar-refractivity contribution >= 4 is 27.1 Å². The van der Waals surface area contributed by atoms with E-state index in [1.807, 2.05) is 42.5 Å². The van der Waals surface area contributed by atoms with Crippen molar-refractivity contribution < 1.29 is 9.47 Å². The number of pyridine rings is 1. The molecule has 4 rings (SSSR count). The summed E-state index contributed by atoms with van der Waals surface area (Å²) >= 11 is 3.42. The number of nitrogens with zero attached hydrogens (tertiary/aromatic N) is 2. The number of aromatic nitrogens is 3. The minimum absolute atomic E-state index is 0.595. The molecule has 148 valence electrons. The van der Waals surface area contributed by atoms with Crippen LogP contribution in [0.1, 0.15) is 5.56 Å². The molecule has 0 amide bonds. The highest BCUT2D eigenvalue weighted by molar-refractivity contribution is 9.10. The molecule has 0 saturated heterocycles. The molecule has 7 heteroatoms. The molecule has 0 unspecified atom stereocenters. The van der Waals surface area contributed by atoms with E-state index >= 15 is 0 Å². The second-order valence-corrected chi connectivity index (χ2v) is 7.42. The van der Waals surface area contributed by atoms with Crippen LogP contribution >= 0.6 is 15.9 Å². The third-order valence-electron chi connectivity index (χ3n) is 4.47. The second-order valence-electron chi connectivity index (χ2n) is 6.50. The lowest BCUT2D eigenvalue weighted by Gasteiger charge is -2.08. The quantitative estimate of drug-likeness (QED) is 0.383. The number of hydrogen-bond donors (Lipinski definition) is 2. The molecule has 2 N–H and O–H groups in total. The van der Waals surface area contributed by atoms with Crippen LogP contribution in [0.5, 0.6) is 11.5 Å².